The Bertz CT molecular complexity index is 1060. The molecule has 0 fully saturated rings. The minimum Gasteiger partial charge on any atom is -0.349 e. The van der Waals surface area contributed by atoms with Gasteiger partial charge in [-0.2, -0.15) is 12.0 Å². The lowest BCUT2D eigenvalue weighted by atomic mass is 10.0. The zero-order chi connectivity index (χ0) is 19.3. The van der Waals surface area contributed by atoms with Crippen LogP contribution < -0.4 is 0 Å². The number of aromatic nitrogens is 1. The first-order valence-electron chi connectivity index (χ1n) is 9.19. The molecule has 0 aliphatic rings. The summed E-state index contributed by atoms with van der Waals surface area (Å²) in [4.78, 5) is 11.1. The van der Waals surface area contributed by atoms with E-state index in [0.29, 0.717) is 0 Å². The first-order valence-corrected chi connectivity index (χ1v) is 10.5. The average molecular weight is 393 g/mol. The fourth-order valence-electron chi connectivity index (χ4n) is 3.39. The van der Waals surface area contributed by atoms with Crippen LogP contribution in [0.2, 0.25) is 0 Å². The summed E-state index contributed by atoms with van der Waals surface area (Å²) in [5, 5.41) is 1.17. The molecule has 5 heteroatoms. The van der Waals surface area contributed by atoms with E-state index in [1.807, 2.05) is 36.4 Å². The number of nitrogens with zero attached hydrogens (tertiary/aromatic N) is 2. The molecule has 0 saturated carbocycles. The lowest BCUT2D eigenvalue weighted by Gasteiger charge is -2.08. The normalized spacial score (nSPS) is 11.1. The molecule has 144 valence electrons. The largest absolute Gasteiger partial charge is 0.349 e. The minimum absolute atomic E-state index is 0.925. The Morgan fingerprint density at radius 3 is 2.14 bits per heavy atom. The molecule has 0 atom stereocenters. The molecule has 0 N–H and O–H groups in total. The van der Waals surface area contributed by atoms with Crippen molar-refractivity contribution in [1.82, 2.24) is 4.57 Å². The highest BCUT2D eigenvalue weighted by molar-refractivity contribution is 7.94. The molecule has 0 saturated heterocycles. The van der Waals surface area contributed by atoms with E-state index in [9.17, 15) is 0 Å². The van der Waals surface area contributed by atoms with Gasteiger partial charge in [-0.25, -0.2) is 14.2 Å². The van der Waals surface area contributed by atoms with E-state index in [1.165, 1.54) is 15.8 Å². The van der Waals surface area contributed by atoms with Crippen molar-refractivity contribution in [2.75, 3.05) is 7.11 Å². The zero-order valence-electron chi connectivity index (χ0n) is 16.0. The van der Waals surface area contributed by atoms with Crippen LogP contribution in [0.3, 0.4) is 0 Å². The highest BCUT2D eigenvalue weighted by Gasteiger charge is 2.09. The molecule has 1 aromatic heterocycles. The first kappa shape index (κ1) is 18.5. The van der Waals surface area contributed by atoms with Crippen molar-refractivity contribution in [1.29, 1.82) is 0 Å². The van der Waals surface area contributed by atoms with Crippen molar-refractivity contribution in [3.8, 4) is 0 Å². The molecular weight excluding hydrogens is 368 g/mol. The maximum atomic E-state index is 5.29. The van der Waals surface area contributed by atoms with E-state index in [0.717, 1.165) is 22.5 Å². The molecular formula is C23H24N2O2S. The topological polar surface area (TPSA) is 35.8 Å². The van der Waals surface area contributed by atoms with E-state index >= 15 is 0 Å². The van der Waals surface area contributed by atoms with Gasteiger partial charge in [0.25, 0.3) is 0 Å². The molecule has 0 spiro atoms. The molecule has 4 nitrogen and oxygen atoms in total. The van der Waals surface area contributed by atoms with Crippen LogP contribution in [0.25, 0.3) is 10.9 Å². The Kier molecular flexibility index (Phi) is 5.58. The van der Waals surface area contributed by atoms with Gasteiger partial charge in [0.05, 0.1) is 18.5 Å². The Morgan fingerprint density at radius 2 is 1.54 bits per heavy atom. The summed E-state index contributed by atoms with van der Waals surface area (Å²) >= 11 is -0.948. The maximum absolute atomic E-state index is 5.29. The molecule has 1 heterocycles. The van der Waals surface area contributed by atoms with E-state index in [1.54, 1.807) is 7.11 Å². The van der Waals surface area contributed by atoms with Crippen LogP contribution in [0.15, 0.2) is 94.9 Å². The third kappa shape index (κ3) is 3.87. The zero-order valence-corrected chi connectivity index (χ0v) is 17.4. The fraction of sp³-hybridized carbons (Fsp3) is 0.0870. The van der Waals surface area contributed by atoms with Crippen LogP contribution in [-0.4, -0.2) is 17.4 Å². The number of aliphatic imine (C=N–C) groups is 1. The van der Waals surface area contributed by atoms with Crippen LogP contribution in [-0.2, 0) is 16.3 Å². The summed E-state index contributed by atoms with van der Waals surface area (Å²) in [6, 6.07) is 26.9. The van der Waals surface area contributed by atoms with Crippen molar-refractivity contribution in [3.63, 3.8) is 0 Å². The van der Waals surface area contributed by atoms with Gasteiger partial charge in [0.15, 0.2) is 0 Å². The van der Waals surface area contributed by atoms with Crippen LogP contribution in [0, 0.1) is 0 Å². The number of benzene rings is 3. The lowest BCUT2D eigenvalue weighted by molar-refractivity contribution is -0.160. The number of aryl methyl sites for hydroxylation is 1. The minimum atomic E-state index is -0.948. The lowest BCUT2D eigenvalue weighted by Crippen LogP contribution is -2.02. The Balaban J connectivity index is 1.83. The van der Waals surface area contributed by atoms with Crippen LogP contribution in [0.1, 0.15) is 11.1 Å². The second-order valence-corrected chi connectivity index (χ2v) is 7.87. The average Bonchev–Trinajstić information content (AvgIpc) is 3.06. The molecule has 0 bridgehead atoms. The summed E-state index contributed by atoms with van der Waals surface area (Å²) in [6.45, 7) is 0. The van der Waals surface area contributed by atoms with Gasteiger partial charge < -0.3 is 4.57 Å². The SMILES string of the molecule is COO[SH4]c1cn(C)c2ccc(N=C(c3ccccc3)c3ccccc3)cc12. The van der Waals surface area contributed by atoms with Gasteiger partial charge >= 0.3 is 0 Å². The van der Waals surface area contributed by atoms with E-state index in [2.05, 4.69) is 60.3 Å². The van der Waals surface area contributed by atoms with Gasteiger partial charge in [-0.15, -0.1) is 0 Å². The van der Waals surface area contributed by atoms with Gasteiger partial charge in [0, 0.05) is 40.2 Å². The Morgan fingerprint density at radius 1 is 0.893 bits per heavy atom. The second kappa shape index (κ2) is 8.44. The van der Waals surface area contributed by atoms with Crippen LogP contribution in [0.4, 0.5) is 5.69 Å². The molecule has 0 aliphatic carbocycles. The summed E-state index contributed by atoms with van der Waals surface area (Å²) in [5.74, 6) is 0. The van der Waals surface area contributed by atoms with Crippen molar-refractivity contribution < 1.29 is 9.22 Å². The third-order valence-electron chi connectivity index (χ3n) is 4.72. The quantitative estimate of drug-likeness (QED) is 0.267. The summed E-state index contributed by atoms with van der Waals surface area (Å²) in [7, 11) is 3.61. The highest BCUT2D eigenvalue weighted by atomic mass is 32.2. The maximum Gasteiger partial charge on any atom is 0.0781 e. The van der Waals surface area contributed by atoms with Gasteiger partial charge in [-0.05, 0) is 18.2 Å². The molecule has 0 radical (unpaired) electrons. The molecule has 28 heavy (non-hydrogen) atoms. The van der Waals surface area contributed by atoms with Crippen molar-refractivity contribution in [2.24, 2.45) is 12.0 Å². The smallest absolute Gasteiger partial charge is 0.0781 e. The number of rotatable bonds is 6. The number of hydrogen-bond acceptors (Lipinski definition) is 3. The predicted molar refractivity (Wildman–Crippen MR) is 121 cm³/mol. The first-order chi connectivity index (χ1) is 13.8. The number of fused-ring (bicyclic) bond motifs is 1. The van der Waals surface area contributed by atoms with Gasteiger partial charge in [-0.1, -0.05) is 60.7 Å². The molecule has 0 aliphatic heterocycles. The van der Waals surface area contributed by atoms with Gasteiger partial charge in [0.2, 0.25) is 0 Å². The summed E-state index contributed by atoms with van der Waals surface area (Å²) in [6.07, 6.45) is 2.12. The summed E-state index contributed by atoms with van der Waals surface area (Å²) in [5.41, 5.74) is 5.25. The standard InChI is InChI=1S/C23H24N2O2S/c1-25-16-22(28-27-26-2)20-15-19(13-14-21(20)25)24-23(17-9-5-3-6-10-17)18-11-7-4-8-12-18/h3-16H,1-2H3,28H4. The molecule has 4 rings (SSSR count). The second-order valence-electron chi connectivity index (χ2n) is 6.59. The monoisotopic (exact) mass is 392 g/mol. The fourth-order valence-corrected chi connectivity index (χ4v) is 4.42. The van der Waals surface area contributed by atoms with E-state index in [4.69, 9.17) is 14.2 Å². The van der Waals surface area contributed by atoms with E-state index < -0.39 is 12.0 Å². The van der Waals surface area contributed by atoms with Gasteiger partial charge in [-0.3, -0.25) is 0 Å². The Labute approximate surface area is 168 Å². The van der Waals surface area contributed by atoms with Crippen molar-refractivity contribution in [3.05, 3.63) is 96.2 Å². The third-order valence-corrected chi connectivity index (χ3v) is 5.95. The molecule has 0 amide bonds. The van der Waals surface area contributed by atoms with Gasteiger partial charge in [0.1, 0.15) is 0 Å². The predicted octanol–water partition coefficient (Wildman–Crippen LogP) is 4.86. The molecule has 0 unspecified atom stereocenters. The molecule has 3 aromatic carbocycles. The van der Waals surface area contributed by atoms with Crippen LogP contribution in [0.5, 0.6) is 0 Å². The summed E-state index contributed by atoms with van der Waals surface area (Å²) < 4.78 is 7.41. The van der Waals surface area contributed by atoms with Crippen LogP contribution >= 0.6 is 12.0 Å². The number of hydrogen-bond donors (Lipinski definition) is 0. The Hall–Kier alpha value is -2.86. The van der Waals surface area contributed by atoms with Crippen molar-refractivity contribution in [2.45, 2.75) is 4.90 Å². The van der Waals surface area contributed by atoms with E-state index in [-0.39, 0.29) is 0 Å². The highest BCUT2D eigenvalue weighted by Crippen LogP contribution is 2.33. The molecule has 4 aromatic rings. The van der Waals surface area contributed by atoms with Crippen molar-refractivity contribution >= 4 is 34.3 Å².